The van der Waals surface area contributed by atoms with Gasteiger partial charge in [0.2, 0.25) is 0 Å². The molecule has 2 aliphatic rings. The molecule has 18 heavy (non-hydrogen) atoms. The third-order valence-electron chi connectivity index (χ3n) is 4.95. The SMILES string of the molecule is C[C@@H]1C[C@H](O)[C@H]2C(=C1C=O)[C@](C)(CO)CC2(C)C. The van der Waals surface area contributed by atoms with Crippen LogP contribution in [0.3, 0.4) is 0 Å². The van der Waals surface area contributed by atoms with Crippen molar-refractivity contribution < 1.29 is 15.0 Å². The number of aliphatic hydroxyl groups excluding tert-OH is 2. The van der Waals surface area contributed by atoms with E-state index >= 15 is 0 Å². The molecule has 0 aliphatic heterocycles. The van der Waals surface area contributed by atoms with Gasteiger partial charge in [0.25, 0.3) is 0 Å². The molecule has 2 aliphatic carbocycles. The summed E-state index contributed by atoms with van der Waals surface area (Å²) in [5.74, 6) is 0.0922. The van der Waals surface area contributed by atoms with Crippen LogP contribution in [0, 0.1) is 22.7 Å². The average Bonchev–Trinajstić information content (AvgIpc) is 2.47. The van der Waals surface area contributed by atoms with E-state index in [1.54, 1.807) is 0 Å². The Labute approximate surface area is 109 Å². The lowest BCUT2D eigenvalue weighted by atomic mass is 9.68. The summed E-state index contributed by atoms with van der Waals surface area (Å²) < 4.78 is 0. The third kappa shape index (κ3) is 1.76. The van der Waals surface area contributed by atoms with Gasteiger partial charge in [-0.2, -0.15) is 0 Å². The Hall–Kier alpha value is -0.670. The van der Waals surface area contributed by atoms with E-state index in [2.05, 4.69) is 13.8 Å². The van der Waals surface area contributed by atoms with Crippen LogP contribution in [-0.4, -0.2) is 29.2 Å². The molecule has 3 heteroatoms. The van der Waals surface area contributed by atoms with Crippen molar-refractivity contribution in [2.45, 2.75) is 46.6 Å². The smallest absolute Gasteiger partial charge is 0.146 e. The molecule has 3 nitrogen and oxygen atoms in total. The van der Waals surface area contributed by atoms with Crippen LogP contribution >= 0.6 is 0 Å². The van der Waals surface area contributed by atoms with Gasteiger partial charge in [-0.3, -0.25) is 4.79 Å². The highest BCUT2D eigenvalue weighted by Gasteiger charge is 2.56. The van der Waals surface area contributed by atoms with Gasteiger partial charge in [0.05, 0.1) is 12.7 Å². The van der Waals surface area contributed by atoms with Crippen LogP contribution in [-0.2, 0) is 4.79 Å². The first kappa shape index (κ1) is 13.8. The zero-order valence-electron chi connectivity index (χ0n) is 11.7. The normalized spacial score (nSPS) is 42.9. The molecule has 2 N–H and O–H groups in total. The number of carbonyl (C=O) groups excluding carboxylic acids is 1. The molecule has 0 radical (unpaired) electrons. The van der Waals surface area contributed by atoms with Crippen LogP contribution in [0.2, 0.25) is 0 Å². The van der Waals surface area contributed by atoms with Crippen molar-refractivity contribution in [1.82, 2.24) is 0 Å². The van der Waals surface area contributed by atoms with Gasteiger partial charge in [-0.15, -0.1) is 0 Å². The van der Waals surface area contributed by atoms with Gasteiger partial charge in [0.15, 0.2) is 0 Å². The Bertz CT molecular complexity index is 397. The molecule has 2 rings (SSSR count). The number of aldehydes is 1. The summed E-state index contributed by atoms with van der Waals surface area (Å²) in [6, 6.07) is 0. The number of hydrogen-bond donors (Lipinski definition) is 2. The summed E-state index contributed by atoms with van der Waals surface area (Å²) >= 11 is 0. The van der Waals surface area contributed by atoms with E-state index in [4.69, 9.17) is 0 Å². The van der Waals surface area contributed by atoms with Crippen molar-refractivity contribution in [2.24, 2.45) is 22.7 Å². The highest BCUT2D eigenvalue weighted by molar-refractivity contribution is 5.77. The van der Waals surface area contributed by atoms with E-state index in [9.17, 15) is 15.0 Å². The lowest BCUT2D eigenvalue weighted by Gasteiger charge is -2.39. The van der Waals surface area contributed by atoms with Crippen LogP contribution in [0.15, 0.2) is 11.1 Å². The molecule has 102 valence electrons. The second kappa shape index (κ2) is 4.17. The van der Waals surface area contributed by atoms with Gasteiger partial charge in [-0.05, 0) is 35.3 Å². The quantitative estimate of drug-likeness (QED) is 0.738. The first-order valence-corrected chi connectivity index (χ1v) is 6.75. The van der Waals surface area contributed by atoms with Crippen LogP contribution in [0.5, 0.6) is 0 Å². The van der Waals surface area contributed by atoms with E-state index in [0.29, 0.717) is 6.42 Å². The molecule has 1 fully saturated rings. The molecule has 0 aromatic carbocycles. The van der Waals surface area contributed by atoms with E-state index in [0.717, 1.165) is 23.9 Å². The Balaban J connectivity index is 2.64. The van der Waals surface area contributed by atoms with Crippen LogP contribution in [0.1, 0.15) is 40.5 Å². The van der Waals surface area contributed by atoms with E-state index in [1.807, 2.05) is 13.8 Å². The molecular weight excluding hydrogens is 228 g/mol. The molecule has 0 amide bonds. The van der Waals surface area contributed by atoms with Crippen molar-refractivity contribution >= 4 is 6.29 Å². The minimum atomic E-state index is -0.401. The maximum absolute atomic E-state index is 11.4. The van der Waals surface area contributed by atoms with Crippen LogP contribution in [0.25, 0.3) is 0 Å². The molecule has 0 spiro atoms. The Morgan fingerprint density at radius 3 is 2.50 bits per heavy atom. The molecule has 1 saturated carbocycles. The predicted molar refractivity (Wildman–Crippen MR) is 70.0 cm³/mol. The van der Waals surface area contributed by atoms with Gasteiger partial charge in [-0.1, -0.05) is 27.7 Å². The van der Waals surface area contributed by atoms with Crippen LogP contribution < -0.4 is 0 Å². The second-order valence-electron chi connectivity index (χ2n) is 7.05. The van der Waals surface area contributed by atoms with Gasteiger partial charge in [-0.25, -0.2) is 0 Å². The van der Waals surface area contributed by atoms with Crippen molar-refractivity contribution in [1.29, 1.82) is 0 Å². The Morgan fingerprint density at radius 2 is 2.00 bits per heavy atom. The zero-order valence-corrected chi connectivity index (χ0v) is 11.7. The molecule has 4 atom stereocenters. The molecule has 0 bridgehead atoms. The van der Waals surface area contributed by atoms with E-state index in [-0.39, 0.29) is 29.3 Å². The summed E-state index contributed by atoms with van der Waals surface area (Å²) in [4.78, 5) is 11.4. The standard InChI is InChI=1S/C15H24O3/c1-9-5-11(18)13-12(10(9)6-16)15(4,8-17)7-14(13,2)3/h6,9,11,13,17-18H,5,7-8H2,1-4H3/t9-,11+,13+,15+/m1/s1. The first-order valence-electron chi connectivity index (χ1n) is 6.75. The maximum Gasteiger partial charge on any atom is 0.146 e. The number of fused-ring (bicyclic) bond motifs is 1. The lowest BCUT2D eigenvalue weighted by molar-refractivity contribution is -0.105. The average molecular weight is 252 g/mol. The fraction of sp³-hybridized carbons (Fsp3) is 0.800. The fourth-order valence-corrected chi connectivity index (χ4v) is 4.43. The summed E-state index contributed by atoms with van der Waals surface area (Å²) in [6.07, 6.45) is 2.00. The number of rotatable bonds is 2. The number of hydrogen-bond acceptors (Lipinski definition) is 3. The summed E-state index contributed by atoms with van der Waals surface area (Å²) in [5.41, 5.74) is 1.39. The lowest BCUT2D eigenvalue weighted by Crippen LogP contribution is -2.37. The number of allylic oxidation sites excluding steroid dienone is 1. The van der Waals surface area contributed by atoms with Crippen molar-refractivity contribution in [3.63, 3.8) is 0 Å². The Morgan fingerprint density at radius 1 is 1.39 bits per heavy atom. The molecule has 0 heterocycles. The Kier molecular flexibility index (Phi) is 3.19. The van der Waals surface area contributed by atoms with Gasteiger partial charge < -0.3 is 10.2 Å². The molecule has 0 unspecified atom stereocenters. The van der Waals surface area contributed by atoms with Crippen molar-refractivity contribution in [2.75, 3.05) is 6.61 Å². The zero-order chi connectivity index (χ0) is 13.7. The van der Waals surface area contributed by atoms with E-state index < -0.39 is 6.10 Å². The molecule has 0 aromatic rings. The highest BCUT2D eigenvalue weighted by Crippen LogP contribution is 2.61. The third-order valence-corrected chi connectivity index (χ3v) is 4.95. The number of aliphatic hydroxyl groups is 2. The van der Waals surface area contributed by atoms with Gasteiger partial charge >= 0.3 is 0 Å². The summed E-state index contributed by atoms with van der Waals surface area (Å²) in [7, 11) is 0. The fourth-order valence-electron chi connectivity index (χ4n) is 4.43. The monoisotopic (exact) mass is 252 g/mol. The van der Waals surface area contributed by atoms with Gasteiger partial charge in [0.1, 0.15) is 6.29 Å². The molecule has 0 aromatic heterocycles. The number of carbonyl (C=O) groups is 1. The second-order valence-corrected chi connectivity index (χ2v) is 7.05. The topological polar surface area (TPSA) is 57.5 Å². The summed E-state index contributed by atoms with van der Waals surface area (Å²) in [5, 5.41) is 20.1. The molecule has 0 saturated heterocycles. The van der Waals surface area contributed by atoms with Crippen molar-refractivity contribution in [3.8, 4) is 0 Å². The first-order chi connectivity index (χ1) is 8.27. The van der Waals surface area contributed by atoms with Crippen molar-refractivity contribution in [3.05, 3.63) is 11.1 Å². The highest BCUT2D eigenvalue weighted by atomic mass is 16.3. The molecular formula is C15H24O3. The largest absolute Gasteiger partial charge is 0.395 e. The summed E-state index contributed by atoms with van der Waals surface area (Å²) in [6.45, 7) is 8.29. The van der Waals surface area contributed by atoms with Gasteiger partial charge in [0, 0.05) is 11.3 Å². The minimum Gasteiger partial charge on any atom is -0.395 e. The van der Waals surface area contributed by atoms with Crippen LogP contribution in [0.4, 0.5) is 0 Å². The minimum absolute atomic E-state index is 0.00560. The predicted octanol–water partition coefficient (Wildman–Crippen LogP) is 1.93. The van der Waals surface area contributed by atoms with E-state index in [1.165, 1.54) is 0 Å². The maximum atomic E-state index is 11.4.